The van der Waals surface area contributed by atoms with Crippen molar-refractivity contribution >= 4 is 5.91 Å². The van der Waals surface area contributed by atoms with E-state index in [1.54, 1.807) is 0 Å². The molecule has 18 heavy (non-hydrogen) atoms. The molecule has 0 aromatic heterocycles. The quantitative estimate of drug-likeness (QED) is 0.853. The van der Waals surface area contributed by atoms with E-state index >= 15 is 0 Å². The summed E-state index contributed by atoms with van der Waals surface area (Å²) in [7, 11) is 2.10. The van der Waals surface area contributed by atoms with Crippen LogP contribution < -0.4 is 5.43 Å². The molecular formula is C14H21N3O. The van der Waals surface area contributed by atoms with Gasteiger partial charge in [0.2, 0.25) is 0 Å². The van der Waals surface area contributed by atoms with Gasteiger partial charge in [-0.3, -0.25) is 10.2 Å². The van der Waals surface area contributed by atoms with Gasteiger partial charge in [0.25, 0.3) is 5.91 Å². The molecule has 0 saturated carbocycles. The molecule has 0 atom stereocenters. The van der Waals surface area contributed by atoms with Gasteiger partial charge in [-0.25, -0.2) is 5.01 Å². The van der Waals surface area contributed by atoms with Gasteiger partial charge < -0.3 is 4.90 Å². The van der Waals surface area contributed by atoms with E-state index in [1.165, 1.54) is 5.56 Å². The van der Waals surface area contributed by atoms with Crippen molar-refractivity contribution in [3.8, 4) is 0 Å². The van der Waals surface area contributed by atoms with Crippen LogP contribution in [0, 0.1) is 13.8 Å². The topological polar surface area (TPSA) is 35.6 Å². The summed E-state index contributed by atoms with van der Waals surface area (Å²) in [6.07, 6.45) is 0. The highest BCUT2D eigenvalue weighted by Crippen LogP contribution is 2.10. The van der Waals surface area contributed by atoms with E-state index in [9.17, 15) is 4.79 Å². The fourth-order valence-corrected chi connectivity index (χ4v) is 2.01. The standard InChI is InChI=1S/C14H21N3O/c1-11-4-5-13(10-12(11)2)14(18)15-17-8-6-16(3)7-9-17/h4-5,10H,6-9H2,1-3H3,(H,15,18). The summed E-state index contributed by atoms with van der Waals surface area (Å²) in [6.45, 7) is 7.83. The van der Waals surface area contributed by atoms with Gasteiger partial charge in [0, 0.05) is 31.7 Å². The summed E-state index contributed by atoms with van der Waals surface area (Å²) >= 11 is 0. The average Bonchev–Trinajstić information content (AvgIpc) is 2.35. The van der Waals surface area contributed by atoms with Crippen molar-refractivity contribution < 1.29 is 4.79 Å². The Morgan fingerprint density at radius 3 is 2.39 bits per heavy atom. The molecule has 2 rings (SSSR count). The van der Waals surface area contributed by atoms with Gasteiger partial charge in [-0.1, -0.05) is 6.07 Å². The van der Waals surface area contributed by atoms with Gasteiger partial charge in [-0.05, 0) is 44.2 Å². The molecule has 4 heteroatoms. The molecular weight excluding hydrogens is 226 g/mol. The maximum absolute atomic E-state index is 12.1. The lowest BCUT2D eigenvalue weighted by molar-refractivity contribution is 0.0662. The number of benzene rings is 1. The summed E-state index contributed by atoms with van der Waals surface area (Å²) in [5.74, 6) is -0.0114. The van der Waals surface area contributed by atoms with Crippen LogP contribution in [0.3, 0.4) is 0 Å². The third-order valence-electron chi connectivity index (χ3n) is 3.53. The van der Waals surface area contributed by atoms with Crippen LogP contribution in [0.1, 0.15) is 21.5 Å². The SMILES string of the molecule is Cc1ccc(C(=O)NN2CCN(C)CC2)cc1C. The van der Waals surface area contributed by atoms with Crippen LogP contribution in [0.4, 0.5) is 0 Å². The highest BCUT2D eigenvalue weighted by Gasteiger charge is 2.16. The van der Waals surface area contributed by atoms with Crippen molar-refractivity contribution in [2.45, 2.75) is 13.8 Å². The fourth-order valence-electron chi connectivity index (χ4n) is 2.01. The van der Waals surface area contributed by atoms with Crippen LogP contribution in [0.25, 0.3) is 0 Å². The smallest absolute Gasteiger partial charge is 0.265 e. The third-order valence-corrected chi connectivity index (χ3v) is 3.53. The molecule has 1 heterocycles. The van der Waals surface area contributed by atoms with Gasteiger partial charge in [0.15, 0.2) is 0 Å². The lowest BCUT2D eigenvalue weighted by Gasteiger charge is -2.32. The second-order valence-electron chi connectivity index (χ2n) is 5.03. The zero-order chi connectivity index (χ0) is 13.1. The number of aryl methyl sites for hydroxylation is 2. The van der Waals surface area contributed by atoms with Crippen LogP contribution in [-0.2, 0) is 0 Å². The number of nitrogens with zero attached hydrogens (tertiary/aromatic N) is 2. The number of carbonyl (C=O) groups is 1. The molecule has 0 unspecified atom stereocenters. The van der Waals surface area contributed by atoms with E-state index < -0.39 is 0 Å². The first-order valence-electron chi connectivity index (χ1n) is 6.38. The summed E-state index contributed by atoms with van der Waals surface area (Å²) in [5.41, 5.74) is 6.07. The summed E-state index contributed by atoms with van der Waals surface area (Å²) in [4.78, 5) is 14.4. The summed E-state index contributed by atoms with van der Waals surface area (Å²) < 4.78 is 0. The van der Waals surface area contributed by atoms with E-state index in [0.717, 1.165) is 37.3 Å². The Bertz CT molecular complexity index is 437. The molecule has 1 saturated heterocycles. The minimum Gasteiger partial charge on any atom is -0.304 e. The zero-order valence-electron chi connectivity index (χ0n) is 11.4. The first-order chi connectivity index (χ1) is 8.56. The normalized spacial score (nSPS) is 17.7. The maximum atomic E-state index is 12.1. The Labute approximate surface area is 109 Å². The van der Waals surface area contributed by atoms with Crippen molar-refractivity contribution in [2.75, 3.05) is 33.2 Å². The number of likely N-dealkylation sites (N-methyl/N-ethyl adjacent to an activating group) is 1. The van der Waals surface area contributed by atoms with E-state index in [4.69, 9.17) is 0 Å². The minimum absolute atomic E-state index is 0.0114. The van der Waals surface area contributed by atoms with Gasteiger partial charge in [-0.2, -0.15) is 0 Å². The van der Waals surface area contributed by atoms with E-state index in [1.807, 2.05) is 30.1 Å². The second-order valence-corrected chi connectivity index (χ2v) is 5.03. The molecule has 1 aliphatic rings. The predicted octanol–water partition coefficient (Wildman–Crippen LogP) is 1.20. The minimum atomic E-state index is -0.0114. The lowest BCUT2D eigenvalue weighted by atomic mass is 10.1. The number of piperazine rings is 1. The van der Waals surface area contributed by atoms with Crippen molar-refractivity contribution in [1.29, 1.82) is 0 Å². The molecule has 98 valence electrons. The fraction of sp³-hybridized carbons (Fsp3) is 0.500. The van der Waals surface area contributed by atoms with Crippen molar-refractivity contribution in [2.24, 2.45) is 0 Å². The number of hydrogen-bond donors (Lipinski definition) is 1. The van der Waals surface area contributed by atoms with Crippen LogP contribution in [0.15, 0.2) is 18.2 Å². The molecule has 1 aliphatic heterocycles. The molecule has 1 N–H and O–H groups in total. The van der Waals surface area contributed by atoms with Crippen LogP contribution in [0.5, 0.6) is 0 Å². The van der Waals surface area contributed by atoms with Crippen molar-refractivity contribution in [3.63, 3.8) is 0 Å². The van der Waals surface area contributed by atoms with E-state index in [-0.39, 0.29) is 5.91 Å². The number of nitrogens with one attached hydrogen (secondary N) is 1. The van der Waals surface area contributed by atoms with E-state index in [0.29, 0.717) is 0 Å². The Hall–Kier alpha value is -1.39. The highest BCUT2D eigenvalue weighted by atomic mass is 16.2. The van der Waals surface area contributed by atoms with Crippen molar-refractivity contribution in [1.82, 2.24) is 15.3 Å². The third kappa shape index (κ3) is 3.09. The molecule has 1 fully saturated rings. The molecule has 1 aromatic carbocycles. The Morgan fingerprint density at radius 2 is 1.78 bits per heavy atom. The summed E-state index contributed by atoms with van der Waals surface area (Å²) in [5, 5.41) is 2.00. The van der Waals surface area contributed by atoms with Gasteiger partial charge in [0.05, 0.1) is 0 Å². The molecule has 1 aromatic rings. The van der Waals surface area contributed by atoms with Gasteiger partial charge in [-0.15, -0.1) is 0 Å². The van der Waals surface area contributed by atoms with Crippen LogP contribution >= 0.6 is 0 Å². The predicted molar refractivity (Wildman–Crippen MR) is 72.5 cm³/mol. The Kier molecular flexibility index (Phi) is 3.99. The Morgan fingerprint density at radius 1 is 1.11 bits per heavy atom. The lowest BCUT2D eigenvalue weighted by Crippen LogP contribution is -2.52. The van der Waals surface area contributed by atoms with Gasteiger partial charge in [0.1, 0.15) is 0 Å². The van der Waals surface area contributed by atoms with Gasteiger partial charge >= 0.3 is 0 Å². The number of carbonyl (C=O) groups excluding carboxylic acids is 1. The van der Waals surface area contributed by atoms with Crippen LogP contribution in [-0.4, -0.2) is 49.0 Å². The largest absolute Gasteiger partial charge is 0.304 e. The van der Waals surface area contributed by atoms with E-state index in [2.05, 4.69) is 24.3 Å². The number of amides is 1. The molecule has 0 spiro atoms. The monoisotopic (exact) mass is 247 g/mol. The maximum Gasteiger partial charge on any atom is 0.265 e. The number of rotatable bonds is 2. The molecule has 0 radical (unpaired) electrons. The summed E-state index contributed by atoms with van der Waals surface area (Å²) in [6, 6.07) is 5.82. The van der Waals surface area contributed by atoms with Crippen molar-refractivity contribution in [3.05, 3.63) is 34.9 Å². The average molecular weight is 247 g/mol. The first kappa shape index (κ1) is 13.1. The number of hydrogen-bond acceptors (Lipinski definition) is 3. The molecule has 4 nitrogen and oxygen atoms in total. The molecule has 0 bridgehead atoms. The highest BCUT2D eigenvalue weighted by molar-refractivity contribution is 5.94. The Balaban J connectivity index is 1.97. The zero-order valence-corrected chi connectivity index (χ0v) is 11.4. The molecule has 0 aliphatic carbocycles. The molecule has 1 amide bonds. The van der Waals surface area contributed by atoms with Crippen LogP contribution in [0.2, 0.25) is 0 Å². The second kappa shape index (κ2) is 5.50. The first-order valence-corrected chi connectivity index (χ1v) is 6.38. The number of hydrazine groups is 1.